The molecule has 9 heteroatoms. The molecule has 0 aliphatic heterocycles. The average molecular weight is 709 g/mol. The van der Waals surface area contributed by atoms with Crippen LogP contribution in [0.3, 0.4) is 0 Å². The average Bonchev–Trinajstić information content (AvgIpc) is 3.63. The molecule has 5 aliphatic rings. The molecule has 8 atom stereocenters. The molecule has 5 aliphatic carbocycles. The fourth-order valence-corrected chi connectivity index (χ4v) is 13.1. The van der Waals surface area contributed by atoms with Crippen LogP contribution in [-0.2, 0) is 25.7 Å². The van der Waals surface area contributed by atoms with Gasteiger partial charge in [0.25, 0.3) is 0 Å². The number of aliphatic carboxylic acids is 1. The summed E-state index contributed by atoms with van der Waals surface area (Å²) in [5, 5.41) is 18.1. The summed E-state index contributed by atoms with van der Waals surface area (Å²) in [5.41, 5.74) is 0.204. The Kier molecular flexibility index (Phi) is 9.26. The maximum atomic E-state index is 13.9. The normalized spacial score (nSPS) is 37.7. The van der Waals surface area contributed by atoms with Gasteiger partial charge < -0.3 is 20.5 Å². The number of hydrogen-bond acceptors (Lipinski definition) is 6. The van der Waals surface area contributed by atoms with Gasteiger partial charge in [0.15, 0.2) is 5.78 Å². The number of thiophene rings is 1. The van der Waals surface area contributed by atoms with Gasteiger partial charge in [0.2, 0.25) is 0 Å². The minimum Gasteiger partial charge on any atom is -0.481 e. The molecule has 0 radical (unpaired) electrons. The number of carbonyl (C=O) groups is 4. The van der Waals surface area contributed by atoms with Gasteiger partial charge in [-0.05, 0) is 128 Å². The van der Waals surface area contributed by atoms with Crippen LogP contribution in [-0.4, -0.2) is 40.5 Å². The van der Waals surface area contributed by atoms with Gasteiger partial charge in [-0.25, -0.2) is 4.79 Å². The van der Waals surface area contributed by atoms with Crippen LogP contribution in [0.5, 0.6) is 0 Å². The number of Topliss-reactive ketones (excluding diaryl/α,β-unsaturated/α-hetero) is 1. The summed E-state index contributed by atoms with van der Waals surface area (Å²) in [5.74, 6) is -0.0613. The lowest BCUT2D eigenvalue weighted by Gasteiger charge is -2.72. The zero-order valence-electron chi connectivity index (χ0n) is 31.8. The zero-order chi connectivity index (χ0) is 36.7. The van der Waals surface area contributed by atoms with Crippen LogP contribution in [0.1, 0.15) is 131 Å². The molecule has 4 saturated carbocycles. The first kappa shape index (κ1) is 37.1. The first-order chi connectivity index (χ1) is 23.2. The van der Waals surface area contributed by atoms with Gasteiger partial charge in [0.05, 0.1) is 23.9 Å². The van der Waals surface area contributed by atoms with Gasteiger partial charge in [0, 0.05) is 16.7 Å². The van der Waals surface area contributed by atoms with E-state index in [1.54, 1.807) is 25.2 Å². The van der Waals surface area contributed by atoms with E-state index in [0.29, 0.717) is 24.8 Å². The Morgan fingerprint density at radius 1 is 0.980 bits per heavy atom. The molecule has 0 aromatic carbocycles. The summed E-state index contributed by atoms with van der Waals surface area (Å²) < 4.78 is 6.15. The van der Waals surface area contributed by atoms with Crippen molar-refractivity contribution in [3.05, 3.63) is 33.5 Å². The lowest BCUT2D eigenvalue weighted by molar-refractivity contribution is -0.232. The number of fused-ring (bicyclic) bond motifs is 7. The Bertz CT molecular complexity index is 1580. The summed E-state index contributed by atoms with van der Waals surface area (Å²) in [4.78, 5) is 53.3. The van der Waals surface area contributed by atoms with Crippen molar-refractivity contribution in [2.75, 3.05) is 0 Å². The van der Waals surface area contributed by atoms with Gasteiger partial charge in [-0.15, -0.1) is 11.3 Å². The van der Waals surface area contributed by atoms with E-state index in [1.807, 2.05) is 17.5 Å². The third-order valence-corrected chi connectivity index (χ3v) is 16.0. The molecule has 2 amide bonds. The molecule has 4 fully saturated rings. The van der Waals surface area contributed by atoms with Crippen LogP contribution in [0.15, 0.2) is 28.7 Å². The van der Waals surface area contributed by atoms with E-state index in [9.17, 15) is 24.3 Å². The smallest absolute Gasteiger partial charge is 0.315 e. The van der Waals surface area contributed by atoms with Crippen molar-refractivity contribution in [3.8, 4) is 0 Å². The third kappa shape index (κ3) is 5.67. The molecule has 1 heterocycles. The van der Waals surface area contributed by atoms with Crippen LogP contribution in [0.4, 0.5) is 4.79 Å². The molecule has 50 heavy (non-hydrogen) atoms. The first-order valence-electron chi connectivity index (χ1n) is 19.0. The Morgan fingerprint density at radius 3 is 2.34 bits per heavy atom. The van der Waals surface area contributed by atoms with E-state index < -0.39 is 22.9 Å². The number of allylic oxidation sites excluding steroid dienone is 1. The molecule has 3 N–H and O–H groups in total. The summed E-state index contributed by atoms with van der Waals surface area (Å²) in [6.07, 6.45) is 7.62. The monoisotopic (exact) mass is 708 g/mol. The van der Waals surface area contributed by atoms with E-state index in [1.165, 1.54) is 5.57 Å². The zero-order valence-corrected chi connectivity index (χ0v) is 32.6. The van der Waals surface area contributed by atoms with Gasteiger partial charge in [0.1, 0.15) is 6.10 Å². The quantitative estimate of drug-likeness (QED) is 0.232. The number of esters is 1. The van der Waals surface area contributed by atoms with Gasteiger partial charge in [-0.2, -0.15) is 0 Å². The predicted molar refractivity (Wildman–Crippen MR) is 195 cm³/mol. The van der Waals surface area contributed by atoms with Crippen molar-refractivity contribution in [2.24, 2.45) is 50.7 Å². The highest BCUT2D eigenvalue weighted by atomic mass is 32.1. The molecule has 3 unspecified atom stereocenters. The molecular formula is C41H60N2O6S. The molecule has 8 nitrogen and oxygen atoms in total. The lowest BCUT2D eigenvalue weighted by atomic mass is 9.33. The largest absolute Gasteiger partial charge is 0.481 e. The molecule has 6 rings (SSSR count). The van der Waals surface area contributed by atoms with E-state index >= 15 is 0 Å². The van der Waals surface area contributed by atoms with E-state index in [0.717, 1.165) is 61.8 Å². The Balaban J connectivity index is 1.27. The van der Waals surface area contributed by atoms with Crippen molar-refractivity contribution >= 4 is 35.1 Å². The molecular weight excluding hydrogens is 649 g/mol. The highest BCUT2D eigenvalue weighted by Crippen LogP contribution is 2.76. The van der Waals surface area contributed by atoms with Crippen LogP contribution in [0, 0.1) is 50.7 Å². The van der Waals surface area contributed by atoms with E-state index in [4.69, 9.17) is 4.74 Å². The van der Waals surface area contributed by atoms with Crippen molar-refractivity contribution in [2.45, 2.75) is 145 Å². The maximum Gasteiger partial charge on any atom is 0.315 e. The molecule has 1 aromatic heterocycles. The number of amides is 2. The molecule has 276 valence electrons. The fraction of sp³-hybridized carbons (Fsp3) is 0.756. The predicted octanol–water partition coefficient (Wildman–Crippen LogP) is 8.69. The highest BCUT2D eigenvalue weighted by Gasteiger charge is 2.70. The second-order valence-corrected chi connectivity index (χ2v) is 19.9. The van der Waals surface area contributed by atoms with Gasteiger partial charge in [-0.1, -0.05) is 54.5 Å². The maximum absolute atomic E-state index is 13.9. The summed E-state index contributed by atoms with van der Waals surface area (Å²) in [6, 6.07) is 3.81. The van der Waals surface area contributed by atoms with Gasteiger partial charge >= 0.3 is 18.0 Å². The van der Waals surface area contributed by atoms with E-state index in [-0.39, 0.29) is 57.8 Å². The molecule has 0 bridgehead atoms. The lowest BCUT2D eigenvalue weighted by Crippen LogP contribution is -2.67. The Hall–Kier alpha value is -2.68. The van der Waals surface area contributed by atoms with Crippen LogP contribution >= 0.6 is 11.3 Å². The SMILES string of the molecule is CC(C)C1=C2C3CCC4[C@@]5(C)CC[C@H](OC(=O)CC(C)(C)C(=O)O)C(C)(C)C5CC[C@@]4(C)[C@]3(C)CC[C@@]2(NC(=O)NCc2cccs2)CC1=O. The number of carboxylic acids is 1. The van der Waals surface area contributed by atoms with Crippen LogP contribution in [0.25, 0.3) is 0 Å². The Morgan fingerprint density at radius 2 is 1.70 bits per heavy atom. The molecule has 0 saturated heterocycles. The van der Waals surface area contributed by atoms with Crippen LogP contribution < -0.4 is 10.6 Å². The number of carboxylic acid groups (broad SMARTS) is 1. The fourth-order valence-electron chi connectivity index (χ4n) is 12.4. The van der Waals surface area contributed by atoms with Crippen molar-refractivity contribution in [3.63, 3.8) is 0 Å². The molecule has 1 aromatic rings. The summed E-state index contributed by atoms with van der Waals surface area (Å²) >= 11 is 1.62. The van der Waals surface area contributed by atoms with Crippen molar-refractivity contribution in [1.82, 2.24) is 10.6 Å². The molecule has 0 spiro atoms. The van der Waals surface area contributed by atoms with Gasteiger partial charge in [-0.3, -0.25) is 14.4 Å². The second kappa shape index (κ2) is 12.5. The van der Waals surface area contributed by atoms with Crippen LogP contribution in [0.2, 0.25) is 0 Å². The number of urea groups is 1. The number of hydrogen-bond donors (Lipinski definition) is 3. The standard InChI is InChI=1S/C41H60N2O6S/c1-24(2)32-27(44)21-41(43-35(48)42-23-25-11-10-20-50-25)19-18-39(8)26(33(32)41)12-13-29-38(7)16-15-30(49-31(45)22-36(3,4)34(46)47)37(5,6)28(38)14-17-40(29,39)9/h10-11,20,24,26,28-30H,12-19,21-23H2,1-9H3,(H,46,47)(H2,42,43,48)/t26?,28?,29?,30-,38-,39+,40+,41+/m0/s1. The number of ether oxygens (including phenoxy) is 1. The minimum atomic E-state index is -1.17. The van der Waals surface area contributed by atoms with Crippen molar-refractivity contribution < 1.29 is 29.0 Å². The minimum absolute atomic E-state index is 0.0293. The highest BCUT2D eigenvalue weighted by molar-refractivity contribution is 7.09. The number of carbonyl (C=O) groups excluding carboxylic acids is 3. The summed E-state index contributed by atoms with van der Waals surface area (Å²) in [6.45, 7) is 20.0. The van der Waals surface area contributed by atoms with E-state index in [2.05, 4.69) is 59.1 Å². The third-order valence-electron chi connectivity index (χ3n) is 15.2. The summed E-state index contributed by atoms with van der Waals surface area (Å²) in [7, 11) is 0. The van der Waals surface area contributed by atoms with Crippen molar-refractivity contribution in [1.29, 1.82) is 0 Å². The number of rotatable bonds is 8. The number of nitrogens with one attached hydrogen (secondary N) is 2. The second-order valence-electron chi connectivity index (χ2n) is 18.9. The topological polar surface area (TPSA) is 122 Å². The number of ketones is 1. The first-order valence-corrected chi connectivity index (χ1v) is 19.9. The Labute approximate surface area is 303 Å².